The average Bonchev–Trinajstić information content (AvgIpc) is 3.37. The first-order valence-corrected chi connectivity index (χ1v) is 14.0. The van der Waals surface area contributed by atoms with Crippen molar-refractivity contribution in [1.29, 1.82) is 0 Å². The van der Waals surface area contributed by atoms with E-state index in [1.807, 2.05) is 0 Å². The van der Waals surface area contributed by atoms with E-state index >= 15 is 0 Å². The van der Waals surface area contributed by atoms with Gasteiger partial charge in [0.2, 0.25) is 5.91 Å². The summed E-state index contributed by atoms with van der Waals surface area (Å²) in [6.45, 7) is 3.84. The molecule has 9 unspecified atom stereocenters. The van der Waals surface area contributed by atoms with E-state index in [0.29, 0.717) is 18.4 Å². The number of amides is 1. The number of halogens is 3. The Balaban J connectivity index is 1.38. The molecular formula is C23H39Cl3N6O2. The lowest BCUT2D eigenvalue weighted by Crippen LogP contribution is -2.61. The molecule has 0 aromatic carbocycles. The molecule has 0 radical (unpaired) electrons. The fourth-order valence-electron chi connectivity index (χ4n) is 5.83. The number of alkyl halides is 3. The van der Waals surface area contributed by atoms with E-state index in [9.17, 15) is 4.79 Å². The number of carbonyl (C=O) groups is 1. The number of guanidine groups is 1. The number of hydrogen-bond donors (Lipinski definition) is 5. The number of aliphatic imine (C=N–C) groups is 1. The highest BCUT2D eigenvalue weighted by atomic mass is 35.5. The highest BCUT2D eigenvalue weighted by Gasteiger charge is 2.41. The van der Waals surface area contributed by atoms with Gasteiger partial charge in [0.15, 0.2) is 5.96 Å². The molecule has 3 aliphatic heterocycles. The summed E-state index contributed by atoms with van der Waals surface area (Å²) in [7, 11) is 1.73. The van der Waals surface area contributed by atoms with Crippen LogP contribution >= 0.6 is 34.8 Å². The Hall–Kier alpha value is -0.510. The van der Waals surface area contributed by atoms with Gasteiger partial charge in [-0.3, -0.25) is 15.1 Å². The maximum Gasteiger partial charge on any atom is 0.237 e. The van der Waals surface area contributed by atoms with E-state index in [0.717, 1.165) is 70.7 Å². The molecule has 4 aliphatic rings. The zero-order valence-electron chi connectivity index (χ0n) is 19.9. The first-order chi connectivity index (χ1) is 16.4. The summed E-state index contributed by atoms with van der Waals surface area (Å²) >= 11 is 19.1. The normalized spacial score (nSPS) is 40.8. The van der Waals surface area contributed by atoms with Crippen molar-refractivity contribution in [1.82, 2.24) is 26.6 Å². The molecule has 1 saturated carbocycles. The fourth-order valence-corrected chi connectivity index (χ4v) is 6.73. The predicted octanol–water partition coefficient (Wildman–Crippen LogP) is 1.59. The molecule has 34 heavy (non-hydrogen) atoms. The van der Waals surface area contributed by atoms with Crippen LogP contribution in [0.2, 0.25) is 0 Å². The molecule has 1 aliphatic carbocycles. The number of methoxy groups -OCH3 is 1. The lowest BCUT2D eigenvalue weighted by atomic mass is 9.78. The monoisotopic (exact) mass is 536 g/mol. The van der Waals surface area contributed by atoms with Gasteiger partial charge in [0, 0.05) is 56.0 Å². The van der Waals surface area contributed by atoms with E-state index in [1.54, 1.807) is 7.11 Å². The molecule has 3 fully saturated rings. The van der Waals surface area contributed by atoms with Crippen molar-refractivity contribution in [2.45, 2.75) is 73.0 Å². The fraction of sp³-hybridized carbons (Fsp3) is 0.913. The lowest BCUT2D eigenvalue weighted by molar-refractivity contribution is -0.125. The summed E-state index contributed by atoms with van der Waals surface area (Å²) in [4.78, 5) is 17.7. The van der Waals surface area contributed by atoms with Crippen molar-refractivity contribution in [2.24, 2.45) is 22.7 Å². The van der Waals surface area contributed by atoms with E-state index in [2.05, 4.69) is 31.6 Å². The molecule has 9 atom stereocenters. The van der Waals surface area contributed by atoms with Gasteiger partial charge in [-0.15, -0.1) is 34.8 Å². The standard InChI is InChI=1S/C23H39Cl3N6O2/c1-34-22-16(9-15(24)12-30-22)19-7-14(11-31-23-27-4-5-28-23)8-20(32-19)21(33)29-10-13-2-3-17(25)18(26)6-13/h13-20,22,30,32H,2-12H2,1H3,(H,29,33)(H2,27,28,31). The SMILES string of the molecule is COC1NCC(Cl)CC1C1CC(CNC2=NCCN2)CC(C(=O)NCC2CCC(Cl)C(Cl)C2)N1. The third-order valence-electron chi connectivity index (χ3n) is 7.72. The quantitative estimate of drug-likeness (QED) is 0.317. The van der Waals surface area contributed by atoms with Crippen molar-refractivity contribution >= 4 is 46.7 Å². The first kappa shape index (κ1) is 26.6. The summed E-state index contributed by atoms with van der Waals surface area (Å²) in [5.74, 6) is 1.82. The number of rotatable bonds is 7. The molecule has 2 saturated heterocycles. The van der Waals surface area contributed by atoms with Gasteiger partial charge in [-0.2, -0.15) is 0 Å². The molecule has 194 valence electrons. The molecule has 0 aromatic heterocycles. The van der Waals surface area contributed by atoms with Gasteiger partial charge in [0.25, 0.3) is 0 Å². The second kappa shape index (κ2) is 12.6. The van der Waals surface area contributed by atoms with Gasteiger partial charge in [-0.05, 0) is 50.4 Å². The van der Waals surface area contributed by atoms with Crippen LogP contribution in [-0.4, -0.2) is 86.1 Å². The molecule has 5 N–H and O–H groups in total. The van der Waals surface area contributed by atoms with Crippen LogP contribution in [0.1, 0.15) is 38.5 Å². The number of ether oxygens (including phenoxy) is 1. The topological polar surface area (TPSA) is 98.8 Å². The molecule has 0 aromatic rings. The van der Waals surface area contributed by atoms with Crippen LogP contribution in [0.25, 0.3) is 0 Å². The van der Waals surface area contributed by atoms with Gasteiger partial charge in [-0.25, -0.2) is 0 Å². The molecule has 8 nitrogen and oxygen atoms in total. The molecule has 4 rings (SSSR count). The molecule has 0 spiro atoms. The Labute approximate surface area is 218 Å². The third-order valence-corrected chi connectivity index (χ3v) is 9.18. The van der Waals surface area contributed by atoms with E-state index in [4.69, 9.17) is 39.5 Å². The number of carbonyl (C=O) groups excluding carboxylic acids is 1. The summed E-state index contributed by atoms with van der Waals surface area (Å²) in [6, 6.07) is -0.124. The smallest absolute Gasteiger partial charge is 0.237 e. The molecule has 11 heteroatoms. The predicted molar refractivity (Wildman–Crippen MR) is 138 cm³/mol. The molecule has 1 amide bonds. The number of nitrogens with one attached hydrogen (secondary N) is 5. The second-order valence-electron chi connectivity index (χ2n) is 10.2. The van der Waals surface area contributed by atoms with Gasteiger partial charge >= 0.3 is 0 Å². The van der Waals surface area contributed by atoms with Gasteiger partial charge in [0.1, 0.15) is 6.23 Å². The summed E-state index contributed by atoms with van der Waals surface area (Å²) in [5, 5.41) is 17.0. The van der Waals surface area contributed by atoms with Crippen molar-refractivity contribution < 1.29 is 9.53 Å². The van der Waals surface area contributed by atoms with Crippen LogP contribution in [-0.2, 0) is 9.53 Å². The minimum absolute atomic E-state index is 0.0228. The Morgan fingerprint density at radius 3 is 2.68 bits per heavy atom. The molecule has 0 bridgehead atoms. The van der Waals surface area contributed by atoms with Gasteiger partial charge < -0.3 is 26.0 Å². The van der Waals surface area contributed by atoms with Crippen LogP contribution < -0.4 is 26.6 Å². The zero-order chi connectivity index (χ0) is 24.1. The Bertz CT molecular complexity index is 716. The lowest BCUT2D eigenvalue weighted by Gasteiger charge is -2.44. The highest BCUT2D eigenvalue weighted by molar-refractivity contribution is 6.30. The van der Waals surface area contributed by atoms with Crippen molar-refractivity contribution in [3.63, 3.8) is 0 Å². The van der Waals surface area contributed by atoms with Crippen LogP contribution in [0.4, 0.5) is 0 Å². The summed E-state index contributed by atoms with van der Waals surface area (Å²) in [5.41, 5.74) is 0. The van der Waals surface area contributed by atoms with Crippen LogP contribution in [0.15, 0.2) is 4.99 Å². The third kappa shape index (κ3) is 7.04. The Morgan fingerprint density at radius 1 is 1.09 bits per heavy atom. The number of nitrogens with zero attached hydrogens (tertiary/aromatic N) is 1. The van der Waals surface area contributed by atoms with Crippen molar-refractivity contribution in [2.75, 3.05) is 39.8 Å². The van der Waals surface area contributed by atoms with E-state index in [-0.39, 0.29) is 46.3 Å². The van der Waals surface area contributed by atoms with Gasteiger partial charge in [-0.1, -0.05) is 0 Å². The minimum atomic E-state index is -0.256. The molecule has 3 heterocycles. The van der Waals surface area contributed by atoms with E-state index < -0.39 is 0 Å². The largest absolute Gasteiger partial charge is 0.366 e. The number of hydrogen-bond acceptors (Lipinski definition) is 7. The van der Waals surface area contributed by atoms with E-state index in [1.165, 1.54) is 0 Å². The Morgan fingerprint density at radius 2 is 1.94 bits per heavy atom. The minimum Gasteiger partial charge on any atom is -0.366 e. The second-order valence-corrected chi connectivity index (χ2v) is 12.0. The van der Waals surface area contributed by atoms with Crippen LogP contribution in [0.3, 0.4) is 0 Å². The Kier molecular flexibility index (Phi) is 9.87. The summed E-state index contributed by atoms with van der Waals surface area (Å²) < 4.78 is 5.74. The van der Waals surface area contributed by atoms with Gasteiger partial charge in [0.05, 0.1) is 18.0 Å². The maximum absolute atomic E-state index is 13.3. The van der Waals surface area contributed by atoms with Crippen LogP contribution in [0, 0.1) is 17.8 Å². The zero-order valence-corrected chi connectivity index (χ0v) is 22.1. The summed E-state index contributed by atoms with van der Waals surface area (Å²) in [6.07, 6.45) is 5.25. The molecular weight excluding hydrogens is 499 g/mol. The van der Waals surface area contributed by atoms with Crippen molar-refractivity contribution in [3.8, 4) is 0 Å². The maximum atomic E-state index is 13.3. The average molecular weight is 538 g/mol. The van der Waals surface area contributed by atoms with Crippen LogP contribution in [0.5, 0.6) is 0 Å². The highest BCUT2D eigenvalue weighted by Crippen LogP contribution is 2.33. The van der Waals surface area contributed by atoms with Crippen molar-refractivity contribution in [3.05, 3.63) is 0 Å². The number of piperidine rings is 2. The first-order valence-electron chi connectivity index (χ1n) is 12.7.